The van der Waals surface area contributed by atoms with Gasteiger partial charge in [-0.25, -0.2) is 4.79 Å². The normalized spacial score (nSPS) is 12.3. The highest BCUT2D eigenvalue weighted by Crippen LogP contribution is 2.15. The first-order chi connectivity index (χ1) is 10.8. The number of phenols is 1. The summed E-state index contributed by atoms with van der Waals surface area (Å²) in [5.41, 5.74) is 0.228. The van der Waals surface area contributed by atoms with Gasteiger partial charge in [-0.15, -0.1) is 0 Å². The molecule has 7 heteroatoms. The summed E-state index contributed by atoms with van der Waals surface area (Å²) in [6, 6.07) is 6.80. The SMILES string of the molecule is CC(C)CC(NC(=O)/C(C#N)=C\Nc1cccc(O)c1)C(=O)O. The second-order valence-electron chi connectivity index (χ2n) is 5.36. The maximum atomic E-state index is 12.0. The number of phenolic OH excluding ortho intramolecular Hbond substituents is 1. The Morgan fingerprint density at radius 3 is 2.61 bits per heavy atom. The van der Waals surface area contributed by atoms with Crippen molar-refractivity contribution in [3.8, 4) is 11.8 Å². The first-order valence-electron chi connectivity index (χ1n) is 7.03. The monoisotopic (exact) mass is 317 g/mol. The van der Waals surface area contributed by atoms with Crippen LogP contribution in [0.1, 0.15) is 20.3 Å². The summed E-state index contributed by atoms with van der Waals surface area (Å²) in [7, 11) is 0. The number of rotatable bonds is 7. The van der Waals surface area contributed by atoms with Crippen LogP contribution < -0.4 is 10.6 Å². The third-order valence-electron chi connectivity index (χ3n) is 2.90. The van der Waals surface area contributed by atoms with E-state index in [9.17, 15) is 14.7 Å². The van der Waals surface area contributed by atoms with E-state index in [-0.39, 0.29) is 23.7 Å². The minimum absolute atomic E-state index is 0.0363. The number of benzene rings is 1. The third-order valence-corrected chi connectivity index (χ3v) is 2.90. The number of carbonyl (C=O) groups is 2. The number of aliphatic carboxylic acids is 1. The van der Waals surface area contributed by atoms with E-state index in [2.05, 4.69) is 10.6 Å². The molecule has 0 aliphatic carbocycles. The van der Waals surface area contributed by atoms with E-state index in [0.29, 0.717) is 5.69 Å². The fraction of sp³-hybridized carbons (Fsp3) is 0.312. The van der Waals surface area contributed by atoms with Crippen LogP contribution in [0.4, 0.5) is 5.69 Å². The van der Waals surface area contributed by atoms with Crippen LogP contribution >= 0.6 is 0 Å². The first-order valence-corrected chi connectivity index (χ1v) is 7.03. The molecule has 0 heterocycles. The van der Waals surface area contributed by atoms with Gasteiger partial charge in [0.2, 0.25) is 0 Å². The summed E-state index contributed by atoms with van der Waals surface area (Å²) in [5, 5.41) is 32.5. The van der Waals surface area contributed by atoms with Crippen LogP contribution in [0, 0.1) is 17.2 Å². The molecule has 0 saturated heterocycles. The molecule has 7 nitrogen and oxygen atoms in total. The second-order valence-corrected chi connectivity index (χ2v) is 5.36. The van der Waals surface area contributed by atoms with Crippen LogP contribution in [-0.4, -0.2) is 28.1 Å². The molecule has 0 radical (unpaired) electrons. The van der Waals surface area contributed by atoms with E-state index < -0.39 is 17.9 Å². The van der Waals surface area contributed by atoms with Gasteiger partial charge in [-0.1, -0.05) is 19.9 Å². The summed E-state index contributed by atoms with van der Waals surface area (Å²) in [4.78, 5) is 23.1. The number of carboxylic acid groups (broad SMARTS) is 1. The molecule has 0 aliphatic heterocycles. The summed E-state index contributed by atoms with van der Waals surface area (Å²) in [6.07, 6.45) is 1.43. The molecule has 0 bridgehead atoms. The van der Waals surface area contributed by atoms with Crippen LogP contribution in [-0.2, 0) is 9.59 Å². The van der Waals surface area contributed by atoms with Gasteiger partial charge in [-0.3, -0.25) is 4.79 Å². The molecule has 1 aromatic rings. The molecule has 1 atom stereocenters. The van der Waals surface area contributed by atoms with Crippen LogP contribution in [0.15, 0.2) is 36.0 Å². The van der Waals surface area contributed by atoms with E-state index in [0.717, 1.165) is 0 Å². The number of nitriles is 1. The fourth-order valence-electron chi connectivity index (χ4n) is 1.83. The van der Waals surface area contributed by atoms with Gasteiger partial charge < -0.3 is 20.8 Å². The van der Waals surface area contributed by atoms with E-state index in [1.54, 1.807) is 18.2 Å². The maximum Gasteiger partial charge on any atom is 0.326 e. The molecule has 1 aromatic carbocycles. The molecule has 0 aromatic heterocycles. The van der Waals surface area contributed by atoms with Gasteiger partial charge in [0, 0.05) is 18.0 Å². The van der Waals surface area contributed by atoms with Crippen LogP contribution in [0.2, 0.25) is 0 Å². The quantitative estimate of drug-likeness (QED) is 0.449. The van der Waals surface area contributed by atoms with Gasteiger partial charge in [0.25, 0.3) is 5.91 Å². The number of nitrogens with one attached hydrogen (secondary N) is 2. The van der Waals surface area contributed by atoms with Crippen LogP contribution in [0.5, 0.6) is 5.75 Å². The smallest absolute Gasteiger partial charge is 0.326 e. The number of aromatic hydroxyl groups is 1. The zero-order valence-corrected chi connectivity index (χ0v) is 12.9. The highest BCUT2D eigenvalue weighted by Gasteiger charge is 2.22. The summed E-state index contributed by atoms with van der Waals surface area (Å²) < 4.78 is 0. The summed E-state index contributed by atoms with van der Waals surface area (Å²) >= 11 is 0. The Labute approximate surface area is 134 Å². The van der Waals surface area contributed by atoms with E-state index >= 15 is 0 Å². The largest absolute Gasteiger partial charge is 0.508 e. The van der Waals surface area contributed by atoms with Gasteiger partial charge in [0.15, 0.2) is 0 Å². The molecule has 1 amide bonds. The molecule has 1 rings (SSSR count). The lowest BCUT2D eigenvalue weighted by molar-refractivity contribution is -0.141. The zero-order chi connectivity index (χ0) is 17.4. The van der Waals surface area contributed by atoms with E-state index in [4.69, 9.17) is 10.4 Å². The highest BCUT2D eigenvalue weighted by atomic mass is 16.4. The van der Waals surface area contributed by atoms with Crippen LogP contribution in [0.25, 0.3) is 0 Å². The number of hydrogen-bond donors (Lipinski definition) is 4. The molecule has 4 N–H and O–H groups in total. The standard InChI is InChI=1S/C16H19N3O4/c1-10(2)6-14(16(22)23)19-15(21)11(8-17)9-18-12-4-3-5-13(20)7-12/h3-5,7,9-10,14,18,20H,6H2,1-2H3,(H,19,21)(H,22,23)/b11-9-. The van der Waals surface area contributed by atoms with Crippen molar-refractivity contribution in [3.05, 3.63) is 36.0 Å². The molecule has 0 saturated carbocycles. The summed E-state index contributed by atoms with van der Waals surface area (Å²) in [6.45, 7) is 3.68. The Morgan fingerprint density at radius 2 is 2.09 bits per heavy atom. The van der Waals surface area contributed by atoms with Crippen molar-refractivity contribution < 1.29 is 19.8 Å². The maximum absolute atomic E-state index is 12.0. The lowest BCUT2D eigenvalue weighted by Gasteiger charge is -2.16. The molecule has 0 aliphatic rings. The van der Waals surface area contributed by atoms with Gasteiger partial charge in [-0.2, -0.15) is 5.26 Å². The first kappa shape index (κ1) is 18.0. The lowest BCUT2D eigenvalue weighted by Crippen LogP contribution is -2.42. The zero-order valence-electron chi connectivity index (χ0n) is 12.9. The molecule has 23 heavy (non-hydrogen) atoms. The number of hydrogen-bond acceptors (Lipinski definition) is 5. The number of carbonyl (C=O) groups excluding carboxylic acids is 1. The highest BCUT2D eigenvalue weighted by molar-refractivity contribution is 5.99. The van der Waals surface area contributed by atoms with Crippen molar-refractivity contribution in [2.24, 2.45) is 5.92 Å². The van der Waals surface area contributed by atoms with Crippen molar-refractivity contribution in [1.29, 1.82) is 5.26 Å². The Bertz CT molecular complexity index is 647. The average Bonchev–Trinajstić information content (AvgIpc) is 2.46. The molecule has 1 unspecified atom stereocenters. The molecule has 0 spiro atoms. The van der Waals surface area contributed by atoms with Gasteiger partial charge in [-0.05, 0) is 24.5 Å². The Morgan fingerprint density at radius 1 is 1.39 bits per heavy atom. The van der Waals surface area contributed by atoms with Crippen molar-refractivity contribution in [2.75, 3.05) is 5.32 Å². The predicted molar refractivity (Wildman–Crippen MR) is 84.4 cm³/mol. The minimum Gasteiger partial charge on any atom is -0.508 e. The predicted octanol–water partition coefficient (Wildman–Crippen LogP) is 1.83. The van der Waals surface area contributed by atoms with E-state index in [1.165, 1.54) is 18.3 Å². The van der Waals surface area contributed by atoms with Crippen LogP contribution in [0.3, 0.4) is 0 Å². The Hall–Kier alpha value is -3.01. The van der Waals surface area contributed by atoms with Gasteiger partial charge in [0.05, 0.1) is 0 Å². The van der Waals surface area contributed by atoms with Gasteiger partial charge in [0.1, 0.15) is 23.4 Å². The lowest BCUT2D eigenvalue weighted by atomic mass is 10.0. The molecule has 122 valence electrons. The van der Waals surface area contributed by atoms with Gasteiger partial charge >= 0.3 is 5.97 Å². The third kappa shape index (κ3) is 6.09. The van der Waals surface area contributed by atoms with Crippen molar-refractivity contribution in [2.45, 2.75) is 26.3 Å². The average molecular weight is 317 g/mol. The number of anilines is 1. The fourth-order valence-corrected chi connectivity index (χ4v) is 1.83. The number of carboxylic acids is 1. The van der Waals surface area contributed by atoms with Crippen molar-refractivity contribution >= 4 is 17.6 Å². The second kappa shape index (κ2) is 8.44. The Kier molecular flexibility index (Phi) is 6.62. The van der Waals surface area contributed by atoms with Crippen molar-refractivity contribution in [3.63, 3.8) is 0 Å². The topological polar surface area (TPSA) is 122 Å². The molecular formula is C16H19N3O4. The molecular weight excluding hydrogens is 298 g/mol. The summed E-state index contributed by atoms with van der Waals surface area (Å²) in [5.74, 6) is -1.80. The number of amides is 1. The van der Waals surface area contributed by atoms with Crippen molar-refractivity contribution in [1.82, 2.24) is 5.32 Å². The number of nitrogens with zero attached hydrogens (tertiary/aromatic N) is 1. The molecule has 0 fully saturated rings. The minimum atomic E-state index is -1.15. The van der Waals surface area contributed by atoms with E-state index in [1.807, 2.05) is 13.8 Å². The Balaban J connectivity index is 2.79.